The molecule has 0 aromatic carbocycles. The summed E-state index contributed by atoms with van der Waals surface area (Å²) < 4.78 is 25.1. The molecule has 1 fully saturated rings. The van der Waals surface area contributed by atoms with Crippen LogP contribution < -0.4 is 0 Å². The number of hydrogen-bond donors (Lipinski definition) is 1. The first-order valence-corrected chi connectivity index (χ1v) is 3.56. The summed E-state index contributed by atoms with van der Waals surface area (Å²) in [7, 11) is 0. The van der Waals surface area contributed by atoms with E-state index in [0.717, 1.165) is 0 Å². The highest BCUT2D eigenvalue weighted by Gasteiger charge is 2.43. The molecule has 1 N–H and O–H groups in total. The van der Waals surface area contributed by atoms with Gasteiger partial charge in [-0.1, -0.05) is 0 Å². The summed E-state index contributed by atoms with van der Waals surface area (Å²) >= 11 is 0. The van der Waals surface area contributed by atoms with Crippen LogP contribution in [0.1, 0.15) is 19.3 Å². The molecule has 1 aliphatic rings. The van der Waals surface area contributed by atoms with E-state index in [1.165, 1.54) is 0 Å². The van der Waals surface area contributed by atoms with Crippen LogP contribution in [0.5, 0.6) is 0 Å². The Morgan fingerprint density at radius 1 is 1.58 bits per heavy atom. The number of carbonyl (C=O) groups is 2. The predicted molar refractivity (Wildman–Crippen MR) is 34.9 cm³/mol. The van der Waals surface area contributed by atoms with Crippen molar-refractivity contribution >= 4 is 11.8 Å². The Bertz CT molecular complexity index is 225. The summed E-state index contributed by atoms with van der Waals surface area (Å²) in [5, 5.41) is 8.39. The van der Waals surface area contributed by atoms with Gasteiger partial charge in [0.1, 0.15) is 11.7 Å². The molecule has 1 unspecified atom stereocenters. The Kier molecular flexibility index (Phi) is 2.12. The number of alkyl halides is 2. The van der Waals surface area contributed by atoms with Crippen molar-refractivity contribution in [1.29, 1.82) is 0 Å². The lowest BCUT2D eigenvalue weighted by atomic mass is 9.85. The third-order valence-electron chi connectivity index (χ3n) is 1.93. The Hall–Kier alpha value is -1.00. The van der Waals surface area contributed by atoms with Gasteiger partial charge in [0.15, 0.2) is 0 Å². The van der Waals surface area contributed by atoms with Gasteiger partial charge in [-0.3, -0.25) is 9.59 Å². The second-order valence-electron chi connectivity index (χ2n) is 2.92. The molecule has 1 atom stereocenters. The number of rotatable bonds is 1. The fourth-order valence-electron chi connectivity index (χ4n) is 1.22. The van der Waals surface area contributed by atoms with Crippen molar-refractivity contribution < 1.29 is 23.5 Å². The van der Waals surface area contributed by atoms with Crippen molar-refractivity contribution in [2.75, 3.05) is 0 Å². The summed E-state index contributed by atoms with van der Waals surface area (Å²) in [6, 6.07) is 0. The Labute approximate surface area is 67.4 Å². The molecule has 0 spiro atoms. The minimum Gasteiger partial charge on any atom is -0.481 e. The molecule has 0 aromatic heterocycles. The molecule has 5 heteroatoms. The monoisotopic (exact) mass is 178 g/mol. The van der Waals surface area contributed by atoms with Crippen molar-refractivity contribution in [3.05, 3.63) is 0 Å². The van der Waals surface area contributed by atoms with Crippen LogP contribution in [0.25, 0.3) is 0 Å². The molecule has 0 aliphatic heterocycles. The second-order valence-corrected chi connectivity index (χ2v) is 2.92. The SMILES string of the molecule is O=C(O)C1CC(F)(F)CCC1=O. The number of carbonyl (C=O) groups excluding carboxylic acids is 1. The van der Waals surface area contributed by atoms with Gasteiger partial charge in [0.2, 0.25) is 5.92 Å². The Morgan fingerprint density at radius 3 is 2.58 bits per heavy atom. The predicted octanol–water partition coefficient (Wildman–Crippen LogP) is 1.08. The van der Waals surface area contributed by atoms with E-state index in [1.54, 1.807) is 0 Å². The molecule has 0 bridgehead atoms. The summed E-state index contributed by atoms with van der Waals surface area (Å²) in [6.07, 6.45) is -1.69. The lowest BCUT2D eigenvalue weighted by Gasteiger charge is -2.24. The van der Waals surface area contributed by atoms with E-state index in [9.17, 15) is 18.4 Å². The van der Waals surface area contributed by atoms with Gasteiger partial charge in [0.25, 0.3) is 0 Å². The number of ketones is 1. The van der Waals surface area contributed by atoms with E-state index in [-0.39, 0.29) is 6.42 Å². The van der Waals surface area contributed by atoms with Crippen LogP contribution in [0.3, 0.4) is 0 Å². The van der Waals surface area contributed by atoms with Gasteiger partial charge in [-0.2, -0.15) is 0 Å². The Morgan fingerprint density at radius 2 is 2.17 bits per heavy atom. The van der Waals surface area contributed by atoms with E-state index in [1.807, 2.05) is 0 Å². The van der Waals surface area contributed by atoms with Crippen LogP contribution in [-0.4, -0.2) is 22.8 Å². The molecule has 1 saturated carbocycles. The molecule has 0 aromatic rings. The van der Waals surface area contributed by atoms with Crippen LogP contribution in [-0.2, 0) is 9.59 Å². The highest BCUT2D eigenvalue weighted by atomic mass is 19.3. The van der Waals surface area contributed by atoms with Crippen LogP contribution >= 0.6 is 0 Å². The van der Waals surface area contributed by atoms with E-state index < -0.39 is 36.4 Å². The molecular formula is C7H8F2O3. The number of hydrogen-bond acceptors (Lipinski definition) is 2. The van der Waals surface area contributed by atoms with Gasteiger partial charge in [0.05, 0.1) is 0 Å². The maximum Gasteiger partial charge on any atom is 0.314 e. The van der Waals surface area contributed by atoms with Gasteiger partial charge in [-0.05, 0) is 0 Å². The van der Waals surface area contributed by atoms with Crippen LogP contribution in [0.4, 0.5) is 8.78 Å². The van der Waals surface area contributed by atoms with Gasteiger partial charge in [-0.15, -0.1) is 0 Å². The lowest BCUT2D eigenvalue weighted by molar-refractivity contribution is -0.155. The first kappa shape index (κ1) is 9.09. The maximum absolute atomic E-state index is 12.6. The summed E-state index contributed by atoms with van der Waals surface area (Å²) in [5.41, 5.74) is 0. The average Bonchev–Trinajstić information content (AvgIpc) is 1.94. The van der Waals surface area contributed by atoms with Crippen molar-refractivity contribution in [2.45, 2.75) is 25.2 Å². The quantitative estimate of drug-likeness (QED) is 0.611. The molecule has 68 valence electrons. The molecule has 12 heavy (non-hydrogen) atoms. The van der Waals surface area contributed by atoms with Crippen LogP contribution in [0.15, 0.2) is 0 Å². The van der Waals surface area contributed by atoms with Gasteiger partial charge in [0, 0.05) is 19.3 Å². The largest absolute Gasteiger partial charge is 0.481 e. The number of carboxylic acid groups (broad SMARTS) is 1. The smallest absolute Gasteiger partial charge is 0.314 e. The Balaban J connectivity index is 2.72. The number of aliphatic carboxylic acids is 1. The number of carboxylic acids is 1. The van der Waals surface area contributed by atoms with Crippen molar-refractivity contribution in [1.82, 2.24) is 0 Å². The zero-order valence-electron chi connectivity index (χ0n) is 6.22. The summed E-state index contributed by atoms with van der Waals surface area (Å²) in [4.78, 5) is 21.1. The third kappa shape index (κ3) is 1.78. The molecular weight excluding hydrogens is 170 g/mol. The molecule has 1 aliphatic carbocycles. The third-order valence-corrected chi connectivity index (χ3v) is 1.93. The zero-order valence-corrected chi connectivity index (χ0v) is 6.22. The van der Waals surface area contributed by atoms with E-state index in [4.69, 9.17) is 5.11 Å². The van der Waals surface area contributed by atoms with Crippen molar-refractivity contribution in [3.63, 3.8) is 0 Å². The highest BCUT2D eigenvalue weighted by Crippen LogP contribution is 2.34. The first-order valence-electron chi connectivity index (χ1n) is 3.56. The van der Waals surface area contributed by atoms with Crippen LogP contribution in [0.2, 0.25) is 0 Å². The lowest BCUT2D eigenvalue weighted by Crippen LogP contribution is -2.36. The summed E-state index contributed by atoms with van der Waals surface area (Å²) in [5.74, 6) is -6.53. The number of Topliss-reactive ketones (excluding diaryl/α,β-unsaturated/α-hetero) is 1. The van der Waals surface area contributed by atoms with E-state index in [2.05, 4.69) is 0 Å². The molecule has 1 rings (SSSR count). The topological polar surface area (TPSA) is 54.4 Å². The highest BCUT2D eigenvalue weighted by molar-refractivity contribution is 5.98. The molecule has 0 heterocycles. The maximum atomic E-state index is 12.6. The van der Waals surface area contributed by atoms with E-state index in [0.29, 0.717) is 0 Å². The molecule has 0 radical (unpaired) electrons. The second kappa shape index (κ2) is 2.80. The molecule has 0 saturated heterocycles. The van der Waals surface area contributed by atoms with Gasteiger partial charge >= 0.3 is 5.97 Å². The zero-order chi connectivity index (χ0) is 9.35. The molecule has 0 amide bonds. The normalized spacial score (nSPS) is 28.5. The van der Waals surface area contributed by atoms with Crippen molar-refractivity contribution in [2.24, 2.45) is 5.92 Å². The van der Waals surface area contributed by atoms with Gasteiger partial charge < -0.3 is 5.11 Å². The standard InChI is InChI=1S/C7H8F2O3/c8-7(9)2-1-5(10)4(3-7)6(11)12/h4H,1-3H2,(H,11,12). The fraction of sp³-hybridized carbons (Fsp3) is 0.714. The number of halogens is 2. The minimum atomic E-state index is -2.99. The van der Waals surface area contributed by atoms with E-state index >= 15 is 0 Å². The minimum absolute atomic E-state index is 0.329. The molecule has 3 nitrogen and oxygen atoms in total. The van der Waals surface area contributed by atoms with Crippen molar-refractivity contribution in [3.8, 4) is 0 Å². The average molecular weight is 178 g/mol. The van der Waals surface area contributed by atoms with Gasteiger partial charge in [-0.25, -0.2) is 8.78 Å². The summed E-state index contributed by atoms with van der Waals surface area (Å²) in [6.45, 7) is 0. The first-order chi connectivity index (χ1) is 5.42. The fourth-order valence-corrected chi connectivity index (χ4v) is 1.22. The van der Waals surface area contributed by atoms with Crippen LogP contribution in [0, 0.1) is 5.92 Å².